The van der Waals surface area contributed by atoms with Crippen molar-refractivity contribution in [2.45, 2.75) is 31.7 Å². The predicted molar refractivity (Wildman–Crippen MR) is 89.1 cm³/mol. The minimum absolute atomic E-state index is 0.174. The quantitative estimate of drug-likeness (QED) is 0.835. The molecule has 2 aliphatic rings. The lowest BCUT2D eigenvalue weighted by atomic mass is 10.0. The number of hydrogen-bond acceptors (Lipinski definition) is 5. The highest BCUT2D eigenvalue weighted by molar-refractivity contribution is 7.15. The number of piperidine rings is 1. The Balaban J connectivity index is 1.57. The van der Waals surface area contributed by atoms with Crippen LogP contribution in [-0.2, 0) is 0 Å². The number of likely N-dealkylation sites (tertiary alicyclic amines) is 2. The van der Waals surface area contributed by atoms with Crippen LogP contribution in [0.2, 0.25) is 0 Å². The van der Waals surface area contributed by atoms with Gasteiger partial charge in [-0.15, -0.1) is 11.3 Å². The van der Waals surface area contributed by atoms with Gasteiger partial charge in [-0.3, -0.25) is 18.9 Å². The summed E-state index contributed by atoms with van der Waals surface area (Å²) in [5, 5.41) is 1.81. The summed E-state index contributed by atoms with van der Waals surface area (Å²) in [6.07, 6.45) is 7.77. The predicted octanol–water partition coefficient (Wildman–Crippen LogP) is 1.46. The van der Waals surface area contributed by atoms with Crippen LogP contribution in [-0.4, -0.2) is 57.3 Å². The second-order valence-corrected chi connectivity index (χ2v) is 7.20. The van der Waals surface area contributed by atoms with Gasteiger partial charge in [0.05, 0.1) is 0 Å². The summed E-state index contributed by atoms with van der Waals surface area (Å²) in [6.45, 7) is 3.73. The fourth-order valence-electron chi connectivity index (χ4n) is 3.69. The molecule has 2 saturated heterocycles. The Labute approximate surface area is 138 Å². The third kappa shape index (κ3) is 2.68. The first-order valence-electron chi connectivity index (χ1n) is 8.22. The normalized spacial score (nSPS) is 22.8. The minimum Gasteiger partial charge on any atom is -0.337 e. The van der Waals surface area contributed by atoms with Crippen LogP contribution in [0, 0.1) is 0 Å². The van der Waals surface area contributed by atoms with E-state index >= 15 is 0 Å². The van der Waals surface area contributed by atoms with Crippen LogP contribution < -0.4 is 5.56 Å². The number of carbonyl (C=O) groups is 1. The van der Waals surface area contributed by atoms with Gasteiger partial charge in [-0.2, -0.15) is 0 Å². The van der Waals surface area contributed by atoms with Gasteiger partial charge in [0.25, 0.3) is 11.5 Å². The number of rotatable bonds is 2. The van der Waals surface area contributed by atoms with Gasteiger partial charge in [-0.25, -0.2) is 4.98 Å². The van der Waals surface area contributed by atoms with Crippen LogP contribution in [0.15, 0.2) is 22.6 Å². The van der Waals surface area contributed by atoms with Crippen LogP contribution in [0.3, 0.4) is 0 Å². The summed E-state index contributed by atoms with van der Waals surface area (Å²) in [5.41, 5.74) is -0.0764. The van der Waals surface area contributed by atoms with E-state index in [1.165, 1.54) is 34.8 Å². The summed E-state index contributed by atoms with van der Waals surface area (Å²) < 4.78 is 1.46. The Kier molecular flexibility index (Phi) is 3.90. The number of nitrogens with zero attached hydrogens (tertiary/aromatic N) is 4. The van der Waals surface area contributed by atoms with Crippen molar-refractivity contribution < 1.29 is 4.79 Å². The maximum absolute atomic E-state index is 12.8. The Morgan fingerprint density at radius 1 is 1.22 bits per heavy atom. The lowest BCUT2D eigenvalue weighted by Crippen LogP contribution is -2.49. The standard InChI is InChI=1S/C16H20N4O2S/c21-14(13-10-17-16-20(15(13)22)8-9-23-16)19-7-3-4-12(11-19)18-5-1-2-6-18/h8-10,12H,1-7,11H2. The molecule has 4 heterocycles. The van der Waals surface area contributed by atoms with Crippen molar-refractivity contribution in [3.05, 3.63) is 33.7 Å². The molecule has 0 saturated carbocycles. The van der Waals surface area contributed by atoms with E-state index in [1.54, 1.807) is 6.20 Å². The number of fused-ring (bicyclic) bond motifs is 1. The molecule has 2 aromatic rings. The van der Waals surface area contributed by atoms with Crippen LogP contribution in [0.25, 0.3) is 4.96 Å². The fraction of sp³-hybridized carbons (Fsp3) is 0.562. The van der Waals surface area contributed by atoms with Gasteiger partial charge in [-0.1, -0.05) is 0 Å². The fourth-order valence-corrected chi connectivity index (χ4v) is 4.36. The molecule has 6 nitrogen and oxygen atoms in total. The molecule has 0 aromatic carbocycles. The van der Waals surface area contributed by atoms with Crippen molar-refractivity contribution >= 4 is 22.2 Å². The third-order valence-corrected chi connectivity index (χ3v) is 5.68. The molecule has 1 unspecified atom stereocenters. The van der Waals surface area contributed by atoms with Crippen LogP contribution >= 0.6 is 11.3 Å². The molecule has 7 heteroatoms. The molecule has 0 aliphatic carbocycles. The van der Waals surface area contributed by atoms with E-state index in [4.69, 9.17) is 0 Å². The topological polar surface area (TPSA) is 57.9 Å². The highest BCUT2D eigenvalue weighted by Crippen LogP contribution is 2.21. The van der Waals surface area contributed by atoms with Gasteiger partial charge in [0.15, 0.2) is 4.96 Å². The van der Waals surface area contributed by atoms with E-state index in [-0.39, 0.29) is 17.0 Å². The van der Waals surface area contributed by atoms with Crippen molar-refractivity contribution in [3.8, 4) is 0 Å². The van der Waals surface area contributed by atoms with Crippen molar-refractivity contribution in [1.29, 1.82) is 0 Å². The zero-order chi connectivity index (χ0) is 15.8. The molecular formula is C16H20N4O2S. The van der Waals surface area contributed by atoms with Gasteiger partial charge in [0.1, 0.15) is 5.56 Å². The van der Waals surface area contributed by atoms with E-state index in [1.807, 2.05) is 10.3 Å². The molecule has 0 bridgehead atoms. The van der Waals surface area contributed by atoms with Gasteiger partial charge in [0, 0.05) is 36.9 Å². The molecule has 4 rings (SSSR count). The highest BCUT2D eigenvalue weighted by Gasteiger charge is 2.30. The number of amides is 1. The minimum atomic E-state index is -0.260. The molecule has 122 valence electrons. The first-order chi connectivity index (χ1) is 11.2. The lowest BCUT2D eigenvalue weighted by Gasteiger charge is -2.37. The summed E-state index contributed by atoms with van der Waals surface area (Å²) in [4.78, 5) is 34.5. The SMILES string of the molecule is O=C(c1cnc2sccn2c1=O)N1CCCC(N2CCCC2)C1. The summed E-state index contributed by atoms with van der Waals surface area (Å²) in [5.74, 6) is -0.174. The molecule has 0 spiro atoms. The van der Waals surface area contributed by atoms with E-state index in [0.29, 0.717) is 11.0 Å². The first kappa shape index (κ1) is 14.8. The van der Waals surface area contributed by atoms with Crippen LogP contribution in [0.4, 0.5) is 0 Å². The molecule has 1 atom stereocenters. The van der Waals surface area contributed by atoms with Crippen LogP contribution in [0.1, 0.15) is 36.0 Å². The third-order valence-electron chi connectivity index (χ3n) is 4.91. The van der Waals surface area contributed by atoms with Crippen molar-refractivity contribution in [2.75, 3.05) is 26.2 Å². The van der Waals surface area contributed by atoms with Gasteiger partial charge in [0.2, 0.25) is 0 Å². The Morgan fingerprint density at radius 2 is 2.04 bits per heavy atom. The first-order valence-corrected chi connectivity index (χ1v) is 9.10. The second kappa shape index (κ2) is 6.05. The van der Waals surface area contributed by atoms with E-state index in [0.717, 1.165) is 39.0 Å². The van der Waals surface area contributed by atoms with Gasteiger partial charge >= 0.3 is 0 Å². The molecule has 0 radical (unpaired) electrons. The number of aromatic nitrogens is 2. The summed E-state index contributed by atoms with van der Waals surface area (Å²) in [7, 11) is 0. The smallest absolute Gasteiger partial charge is 0.271 e. The van der Waals surface area contributed by atoms with E-state index in [9.17, 15) is 9.59 Å². The maximum atomic E-state index is 12.8. The van der Waals surface area contributed by atoms with Crippen molar-refractivity contribution in [3.63, 3.8) is 0 Å². The molecule has 2 aliphatic heterocycles. The monoisotopic (exact) mass is 332 g/mol. The zero-order valence-electron chi connectivity index (χ0n) is 13.0. The highest BCUT2D eigenvalue weighted by atomic mass is 32.1. The lowest BCUT2D eigenvalue weighted by molar-refractivity contribution is 0.0605. The number of carbonyl (C=O) groups excluding carboxylic acids is 1. The molecule has 0 N–H and O–H groups in total. The molecule has 23 heavy (non-hydrogen) atoms. The van der Waals surface area contributed by atoms with Crippen molar-refractivity contribution in [1.82, 2.24) is 19.2 Å². The Morgan fingerprint density at radius 3 is 2.87 bits per heavy atom. The Bertz CT molecular complexity index is 778. The number of thiazole rings is 1. The molecule has 2 fully saturated rings. The van der Waals surface area contributed by atoms with E-state index in [2.05, 4.69) is 9.88 Å². The summed E-state index contributed by atoms with van der Waals surface area (Å²) in [6, 6.07) is 0.441. The molecule has 2 aromatic heterocycles. The van der Waals surface area contributed by atoms with Gasteiger partial charge < -0.3 is 4.90 Å². The summed E-state index contributed by atoms with van der Waals surface area (Å²) >= 11 is 1.39. The molecule has 1 amide bonds. The van der Waals surface area contributed by atoms with E-state index < -0.39 is 0 Å². The number of hydrogen-bond donors (Lipinski definition) is 0. The maximum Gasteiger partial charge on any atom is 0.271 e. The average Bonchev–Trinajstić information content (AvgIpc) is 3.26. The van der Waals surface area contributed by atoms with Crippen LogP contribution in [0.5, 0.6) is 0 Å². The van der Waals surface area contributed by atoms with Gasteiger partial charge in [-0.05, 0) is 38.8 Å². The second-order valence-electron chi connectivity index (χ2n) is 6.32. The molecular weight excluding hydrogens is 312 g/mol. The van der Waals surface area contributed by atoms with Crippen molar-refractivity contribution in [2.24, 2.45) is 0 Å². The zero-order valence-corrected chi connectivity index (χ0v) is 13.8. The Hall–Kier alpha value is -1.73. The largest absolute Gasteiger partial charge is 0.337 e. The average molecular weight is 332 g/mol.